The summed E-state index contributed by atoms with van der Waals surface area (Å²) in [5.74, 6) is -0.236. The van der Waals surface area contributed by atoms with Crippen LogP contribution in [-0.4, -0.2) is 25.5 Å². The van der Waals surface area contributed by atoms with Crippen molar-refractivity contribution in [3.63, 3.8) is 0 Å². The van der Waals surface area contributed by atoms with Gasteiger partial charge in [-0.25, -0.2) is 4.68 Å². The molecule has 2 heterocycles. The average molecular weight is 476 g/mol. The van der Waals surface area contributed by atoms with Crippen LogP contribution in [0, 0.1) is 6.92 Å². The van der Waals surface area contributed by atoms with Crippen molar-refractivity contribution in [1.29, 1.82) is 0 Å². The number of amides is 1. The van der Waals surface area contributed by atoms with Gasteiger partial charge in [-0.1, -0.05) is 23.7 Å². The minimum absolute atomic E-state index is 0.000412. The van der Waals surface area contributed by atoms with Crippen molar-refractivity contribution in [2.75, 3.05) is 5.32 Å². The lowest BCUT2D eigenvalue weighted by Gasteiger charge is -2.14. The third kappa shape index (κ3) is 4.75. The maximum atomic E-state index is 13.2. The zero-order chi connectivity index (χ0) is 23.8. The van der Waals surface area contributed by atoms with Crippen molar-refractivity contribution in [2.45, 2.75) is 26.1 Å². The summed E-state index contributed by atoms with van der Waals surface area (Å²) in [4.78, 5) is 24.6. The molecule has 7 nitrogen and oxygen atoms in total. The fourth-order valence-electron chi connectivity index (χ4n) is 3.38. The van der Waals surface area contributed by atoms with Crippen LogP contribution in [0.5, 0.6) is 0 Å². The van der Waals surface area contributed by atoms with Gasteiger partial charge in [0.1, 0.15) is 5.82 Å². The molecule has 0 radical (unpaired) electrons. The van der Waals surface area contributed by atoms with E-state index in [0.717, 1.165) is 22.9 Å². The first-order chi connectivity index (χ1) is 15.6. The van der Waals surface area contributed by atoms with E-state index in [4.69, 9.17) is 11.6 Å². The van der Waals surface area contributed by atoms with Gasteiger partial charge >= 0.3 is 6.18 Å². The number of hydrogen-bond donors (Lipinski definition) is 1. The first-order valence-corrected chi connectivity index (χ1v) is 10.2. The Morgan fingerprint density at radius 1 is 1.15 bits per heavy atom. The number of benzene rings is 2. The van der Waals surface area contributed by atoms with E-state index in [1.54, 1.807) is 35.9 Å². The summed E-state index contributed by atoms with van der Waals surface area (Å²) in [6.07, 6.45) is -3.37. The SMILES string of the molecule is Cc1cc(NC(=O)CCn2ncc(=O)c3ccccc32)n(-c2cc(C(F)(F)F)ccc2Cl)n1. The summed E-state index contributed by atoms with van der Waals surface area (Å²) in [5.41, 5.74) is -0.0450. The van der Waals surface area contributed by atoms with Crippen molar-refractivity contribution < 1.29 is 18.0 Å². The molecule has 0 aliphatic heterocycles. The predicted octanol–water partition coefficient (Wildman–Crippen LogP) is 4.59. The van der Waals surface area contributed by atoms with Crippen molar-refractivity contribution >= 4 is 34.2 Å². The molecule has 2 aromatic heterocycles. The molecule has 0 atom stereocenters. The van der Waals surface area contributed by atoms with Crippen LogP contribution in [0.2, 0.25) is 5.02 Å². The fraction of sp³-hybridized carbons (Fsp3) is 0.182. The van der Waals surface area contributed by atoms with Gasteiger partial charge in [-0.15, -0.1) is 0 Å². The van der Waals surface area contributed by atoms with Crippen molar-refractivity contribution in [3.05, 3.63) is 81.2 Å². The van der Waals surface area contributed by atoms with E-state index in [-0.39, 0.29) is 34.9 Å². The molecule has 0 aliphatic carbocycles. The summed E-state index contributed by atoms with van der Waals surface area (Å²) in [5, 5.41) is 11.5. The second-order valence-electron chi connectivity index (χ2n) is 7.29. The highest BCUT2D eigenvalue weighted by atomic mass is 35.5. The monoisotopic (exact) mass is 475 g/mol. The molecule has 1 amide bonds. The van der Waals surface area contributed by atoms with E-state index in [9.17, 15) is 22.8 Å². The molecule has 0 saturated carbocycles. The minimum atomic E-state index is -4.56. The number of alkyl halides is 3. The van der Waals surface area contributed by atoms with Crippen LogP contribution in [0.1, 0.15) is 17.7 Å². The Hall–Kier alpha value is -3.66. The van der Waals surface area contributed by atoms with Gasteiger partial charge in [0, 0.05) is 17.9 Å². The Morgan fingerprint density at radius 2 is 1.91 bits per heavy atom. The van der Waals surface area contributed by atoms with E-state index in [1.165, 1.54) is 12.3 Å². The number of aromatic nitrogens is 4. The van der Waals surface area contributed by atoms with E-state index in [0.29, 0.717) is 16.6 Å². The Bertz CT molecular complexity index is 1410. The Labute approximate surface area is 190 Å². The van der Waals surface area contributed by atoms with E-state index >= 15 is 0 Å². The van der Waals surface area contributed by atoms with Gasteiger partial charge in [-0.05, 0) is 37.3 Å². The number of halogens is 4. The minimum Gasteiger partial charge on any atom is -0.311 e. The van der Waals surface area contributed by atoms with Crippen molar-refractivity contribution in [3.8, 4) is 5.69 Å². The fourth-order valence-corrected chi connectivity index (χ4v) is 3.57. The standard InChI is InChI=1S/C22H17ClF3N5O2/c1-13-10-20(31(29-13)18-11-14(22(24,25)26)6-7-16(18)23)28-21(33)8-9-30-17-5-3-2-4-15(17)19(32)12-27-30/h2-7,10-12H,8-9H2,1H3,(H,28,33). The van der Waals surface area contributed by atoms with Crippen molar-refractivity contribution in [1.82, 2.24) is 19.6 Å². The number of anilines is 1. The first-order valence-electron chi connectivity index (χ1n) is 9.82. The van der Waals surface area contributed by atoms with Crippen LogP contribution in [0.4, 0.5) is 19.0 Å². The quantitative estimate of drug-likeness (QED) is 0.457. The molecule has 170 valence electrons. The van der Waals surface area contributed by atoms with Crippen LogP contribution in [0.15, 0.2) is 59.5 Å². The number of aryl methyl sites for hydroxylation is 2. The molecule has 33 heavy (non-hydrogen) atoms. The maximum absolute atomic E-state index is 13.2. The van der Waals surface area contributed by atoms with Crippen LogP contribution >= 0.6 is 11.6 Å². The summed E-state index contributed by atoms with van der Waals surface area (Å²) in [6.45, 7) is 1.83. The highest BCUT2D eigenvalue weighted by Gasteiger charge is 2.31. The molecule has 0 fully saturated rings. The zero-order valence-corrected chi connectivity index (χ0v) is 18.0. The van der Waals surface area contributed by atoms with Crippen LogP contribution in [0.3, 0.4) is 0 Å². The molecule has 4 rings (SSSR count). The number of nitrogens with one attached hydrogen (secondary N) is 1. The molecule has 0 unspecified atom stereocenters. The Morgan fingerprint density at radius 3 is 2.67 bits per heavy atom. The van der Waals surface area contributed by atoms with Gasteiger partial charge < -0.3 is 5.32 Å². The number of fused-ring (bicyclic) bond motifs is 1. The highest BCUT2D eigenvalue weighted by Crippen LogP contribution is 2.34. The third-order valence-electron chi connectivity index (χ3n) is 4.91. The largest absolute Gasteiger partial charge is 0.416 e. The van der Waals surface area contributed by atoms with Gasteiger partial charge in [-0.3, -0.25) is 14.3 Å². The van der Waals surface area contributed by atoms with E-state index in [2.05, 4.69) is 15.5 Å². The normalized spacial score (nSPS) is 11.7. The number of hydrogen-bond acceptors (Lipinski definition) is 4. The average Bonchev–Trinajstić information content (AvgIpc) is 3.12. The first kappa shape index (κ1) is 22.5. The van der Waals surface area contributed by atoms with Gasteiger partial charge in [-0.2, -0.15) is 23.4 Å². The van der Waals surface area contributed by atoms with Crippen LogP contribution < -0.4 is 10.7 Å². The number of carbonyl (C=O) groups is 1. The lowest BCUT2D eigenvalue weighted by atomic mass is 10.2. The molecular weight excluding hydrogens is 459 g/mol. The lowest BCUT2D eigenvalue weighted by Crippen LogP contribution is -2.19. The van der Waals surface area contributed by atoms with Gasteiger partial charge in [0.15, 0.2) is 0 Å². The second-order valence-corrected chi connectivity index (χ2v) is 7.70. The molecule has 1 N–H and O–H groups in total. The summed E-state index contributed by atoms with van der Waals surface area (Å²) < 4.78 is 42.2. The van der Waals surface area contributed by atoms with Crippen molar-refractivity contribution in [2.24, 2.45) is 0 Å². The Balaban J connectivity index is 1.57. The van der Waals surface area contributed by atoms with Crippen LogP contribution in [-0.2, 0) is 17.5 Å². The van der Waals surface area contributed by atoms with Gasteiger partial charge in [0.05, 0.1) is 40.2 Å². The lowest BCUT2D eigenvalue weighted by molar-refractivity contribution is -0.137. The predicted molar refractivity (Wildman–Crippen MR) is 118 cm³/mol. The topological polar surface area (TPSA) is 81.8 Å². The highest BCUT2D eigenvalue weighted by molar-refractivity contribution is 6.32. The second kappa shape index (κ2) is 8.70. The number of para-hydroxylation sites is 1. The number of rotatable bonds is 5. The third-order valence-corrected chi connectivity index (χ3v) is 5.23. The van der Waals surface area contributed by atoms with Gasteiger partial charge in [0.25, 0.3) is 0 Å². The summed E-state index contributed by atoms with van der Waals surface area (Å²) >= 11 is 6.13. The molecule has 0 saturated heterocycles. The molecule has 0 spiro atoms. The molecule has 0 aliphatic rings. The maximum Gasteiger partial charge on any atom is 0.416 e. The van der Waals surface area contributed by atoms with E-state index < -0.39 is 17.6 Å². The number of nitrogens with zero attached hydrogens (tertiary/aromatic N) is 4. The number of carbonyl (C=O) groups excluding carboxylic acids is 1. The molecule has 2 aromatic carbocycles. The zero-order valence-electron chi connectivity index (χ0n) is 17.2. The van der Waals surface area contributed by atoms with Gasteiger partial charge in [0.2, 0.25) is 11.3 Å². The molecule has 11 heteroatoms. The summed E-state index contributed by atoms with van der Waals surface area (Å²) in [7, 11) is 0. The van der Waals surface area contributed by atoms with E-state index in [1.807, 2.05) is 0 Å². The van der Waals surface area contributed by atoms with Crippen LogP contribution in [0.25, 0.3) is 16.6 Å². The molecular formula is C22H17ClF3N5O2. The Kier molecular flexibility index (Phi) is 5.94. The molecule has 0 bridgehead atoms. The smallest absolute Gasteiger partial charge is 0.311 e. The molecule has 4 aromatic rings. The summed E-state index contributed by atoms with van der Waals surface area (Å²) in [6, 6.07) is 11.3.